The fourth-order valence-electron chi connectivity index (χ4n) is 1.62. The molecule has 2 rings (SSSR count). The molecular weight excluding hydrogens is 248 g/mol. The van der Waals surface area contributed by atoms with E-state index in [1.165, 1.54) is 11.6 Å². The second kappa shape index (κ2) is 4.70. The lowest BCUT2D eigenvalue weighted by molar-refractivity contribution is 0.0690. The average molecular weight is 260 g/mol. The second-order valence-electron chi connectivity index (χ2n) is 4.09. The molecule has 1 aromatic heterocycles. The molecule has 0 amide bonds. The Labute approximate surface area is 109 Å². The molecule has 0 aliphatic heterocycles. The number of carboxylic acid groups (broad SMARTS) is 1. The van der Waals surface area contributed by atoms with Crippen LogP contribution >= 0.6 is 12.2 Å². The van der Waals surface area contributed by atoms with E-state index in [0.29, 0.717) is 5.69 Å². The van der Waals surface area contributed by atoms with Crippen molar-refractivity contribution in [2.45, 2.75) is 13.8 Å². The molecule has 92 valence electrons. The van der Waals surface area contributed by atoms with Crippen LogP contribution in [0.1, 0.15) is 21.6 Å². The SMILES string of the molecule is Cc1ccc(-c2cc(C(=O)O)[nH]c(=S)n2)cc1C. The molecule has 0 spiro atoms. The minimum atomic E-state index is -1.05. The first-order valence-electron chi connectivity index (χ1n) is 5.39. The number of aryl methyl sites for hydroxylation is 2. The van der Waals surface area contributed by atoms with Crippen LogP contribution in [-0.4, -0.2) is 21.0 Å². The molecule has 1 heterocycles. The van der Waals surface area contributed by atoms with Crippen LogP contribution in [0.5, 0.6) is 0 Å². The highest BCUT2D eigenvalue weighted by Gasteiger charge is 2.08. The van der Waals surface area contributed by atoms with Gasteiger partial charge in [0.25, 0.3) is 0 Å². The number of nitrogens with zero attached hydrogens (tertiary/aromatic N) is 1. The summed E-state index contributed by atoms with van der Waals surface area (Å²) in [5.41, 5.74) is 3.78. The molecule has 0 unspecified atom stereocenters. The third-order valence-corrected chi connectivity index (χ3v) is 2.97. The minimum absolute atomic E-state index is 0.0447. The van der Waals surface area contributed by atoms with Gasteiger partial charge in [-0.1, -0.05) is 12.1 Å². The van der Waals surface area contributed by atoms with Crippen LogP contribution in [0, 0.1) is 18.6 Å². The number of carboxylic acids is 1. The predicted octanol–water partition coefficient (Wildman–Crippen LogP) is 3.12. The van der Waals surface area contributed by atoms with Gasteiger partial charge in [0.15, 0.2) is 4.77 Å². The van der Waals surface area contributed by atoms with Gasteiger partial charge in [0, 0.05) is 5.56 Å². The van der Waals surface area contributed by atoms with Crippen molar-refractivity contribution in [3.8, 4) is 11.3 Å². The molecule has 4 nitrogen and oxygen atoms in total. The van der Waals surface area contributed by atoms with E-state index in [9.17, 15) is 4.79 Å². The van der Waals surface area contributed by atoms with Gasteiger partial charge in [-0.05, 0) is 49.3 Å². The van der Waals surface area contributed by atoms with Crippen molar-refractivity contribution in [2.24, 2.45) is 0 Å². The normalized spacial score (nSPS) is 10.3. The van der Waals surface area contributed by atoms with E-state index in [1.807, 2.05) is 32.0 Å². The first-order valence-corrected chi connectivity index (χ1v) is 5.80. The number of aromatic carboxylic acids is 1. The van der Waals surface area contributed by atoms with Crippen LogP contribution < -0.4 is 0 Å². The fraction of sp³-hybridized carbons (Fsp3) is 0.154. The molecule has 0 fully saturated rings. The fourth-order valence-corrected chi connectivity index (χ4v) is 1.83. The minimum Gasteiger partial charge on any atom is -0.477 e. The zero-order valence-corrected chi connectivity index (χ0v) is 10.8. The Hall–Kier alpha value is -2.01. The number of hydrogen-bond donors (Lipinski definition) is 2. The van der Waals surface area contributed by atoms with Crippen LogP contribution in [0.25, 0.3) is 11.3 Å². The summed E-state index contributed by atoms with van der Waals surface area (Å²) in [7, 11) is 0. The summed E-state index contributed by atoms with van der Waals surface area (Å²) in [5, 5.41) is 8.97. The van der Waals surface area contributed by atoms with Crippen molar-refractivity contribution in [1.29, 1.82) is 0 Å². The largest absolute Gasteiger partial charge is 0.477 e. The van der Waals surface area contributed by atoms with Crippen molar-refractivity contribution in [3.63, 3.8) is 0 Å². The zero-order valence-electron chi connectivity index (χ0n) is 10.0. The number of hydrogen-bond acceptors (Lipinski definition) is 3. The summed E-state index contributed by atoms with van der Waals surface area (Å²) < 4.78 is 0.170. The maximum absolute atomic E-state index is 11.0. The van der Waals surface area contributed by atoms with Crippen LogP contribution in [-0.2, 0) is 0 Å². The molecule has 0 saturated carbocycles. The third kappa shape index (κ3) is 2.46. The van der Waals surface area contributed by atoms with E-state index < -0.39 is 5.97 Å². The van der Waals surface area contributed by atoms with Gasteiger partial charge in [-0.2, -0.15) is 0 Å². The summed E-state index contributed by atoms with van der Waals surface area (Å²) in [6.07, 6.45) is 0. The number of aromatic amines is 1. The Morgan fingerprint density at radius 3 is 2.61 bits per heavy atom. The molecule has 0 saturated heterocycles. The molecule has 0 radical (unpaired) electrons. The van der Waals surface area contributed by atoms with Crippen LogP contribution in [0.3, 0.4) is 0 Å². The van der Waals surface area contributed by atoms with Crippen LogP contribution in [0.15, 0.2) is 24.3 Å². The standard InChI is InChI=1S/C13H12N2O2S/c1-7-3-4-9(5-8(7)2)10-6-11(12(16)17)15-13(18)14-10/h3-6H,1-2H3,(H,16,17)(H,14,15,18). The van der Waals surface area contributed by atoms with Crippen molar-refractivity contribution >= 4 is 18.2 Å². The van der Waals surface area contributed by atoms with Crippen molar-refractivity contribution in [1.82, 2.24) is 9.97 Å². The predicted molar refractivity (Wildman–Crippen MR) is 71.3 cm³/mol. The molecular formula is C13H12N2O2S. The van der Waals surface area contributed by atoms with Gasteiger partial charge in [-0.25, -0.2) is 9.78 Å². The maximum Gasteiger partial charge on any atom is 0.352 e. The maximum atomic E-state index is 11.0. The van der Waals surface area contributed by atoms with Crippen LogP contribution in [0.4, 0.5) is 0 Å². The molecule has 18 heavy (non-hydrogen) atoms. The summed E-state index contributed by atoms with van der Waals surface area (Å²) in [5.74, 6) is -1.05. The van der Waals surface area contributed by atoms with E-state index in [1.54, 1.807) is 0 Å². The van der Waals surface area contributed by atoms with E-state index in [0.717, 1.165) is 11.1 Å². The molecule has 0 atom stereocenters. The van der Waals surface area contributed by atoms with Gasteiger partial charge in [-0.15, -0.1) is 0 Å². The highest BCUT2D eigenvalue weighted by molar-refractivity contribution is 7.71. The van der Waals surface area contributed by atoms with Crippen molar-refractivity contribution in [3.05, 3.63) is 45.9 Å². The first-order chi connectivity index (χ1) is 8.47. The van der Waals surface area contributed by atoms with Crippen molar-refractivity contribution in [2.75, 3.05) is 0 Å². The van der Waals surface area contributed by atoms with E-state index in [2.05, 4.69) is 9.97 Å². The third-order valence-electron chi connectivity index (χ3n) is 2.78. The van der Waals surface area contributed by atoms with E-state index in [-0.39, 0.29) is 10.5 Å². The Morgan fingerprint density at radius 2 is 2.00 bits per heavy atom. The lowest BCUT2D eigenvalue weighted by Crippen LogP contribution is -2.02. The number of carbonyl (C=O) groups is 1. The number of rotatable bonds is 2. The second-order valence-corrected chi connectivity index (χ2v) is 4.48. The highest BCUT2D eigenvalue weighted by atomic mass is 32.1. The zero-order chi connectivity index (χ0) is 13.3. The summed E-state index contributed by atoms with van der Waals surface area (Å²) in [6, 6.07) is 7.35. The molecule has 0 bridgehead atoms. The van der Waals surface area contributed by atoms with E-state index >= 15 is 0 Å². The number of nitrogens with one attached hydrogen (secondary N) is 1. The van der Waals surface area contributed by atoms with Crippen molar-refractivity contribution < 1.29 is 9.90 Å². The Kier molecular flexibility index (Phi) is 3.25. The monoisotopic (exact) mass is 260 g/mol. The summed E-state index contributed by atoms with van der Waals surface area (Å²) in [4.78, 5) is 17.7. The van der Waals surface area contributed by atoms with Gasteiger partial charge in [0.2, 0.25) is 0 Å². The summed E-state index contributed by atoms with van der Waals surface area (Å²) in [6.45, 7) is 4.02. The molecule has 0 aliphatic carbocycles. The van der Waals surface area contributed by atoms with E-state index in [4.69, 9.17) is 17.3 Å². The topological polar surface area (TPSA) is 66.0 Å². The molecule has 0 aliphatic rings. The highest BCUT2D eigenvalue weighted by Crippen LogP contribution is 2.20. The Bertz CT molecular complexity index is 677. The molecule has 5 heteroatoms. The Balaban J connectivity index is 2.60. The lowest BCUT2D eigenvalue weighted by Gasteiger charge is -2.05. The number of H-pyrrole nitrogens is 1. The number of benzene rings is 1. The quantitative estimate of drug-likeness (QED) is 0.814. The molecule has 1 aromatic carbocycles. The molecule has 2 N–H and O–H groups in total. The summed E-state index contributed by atoms with van der Waals surface area (Å²) >= 11 is 4.93. The van der Waals surface area contributed by atoms with Gasteiger partial charge in [0.1, 0.15) is 5.69 Å². The van der Waals surface area contributed by atoms with Gasteiger partial charge in [-0.3, -0.25) is 0 Å². The van der Waals surface area contributed by atoms with Gasteiger partial charge < -0.3 is 10.1 Å². The lowest BCUT2D eigenvalue weighted by atomic mass is 10.0. The van der Waals surface area contributed by atoms with Crippen LogP contribution in [0.2, 0.25) is 0 Å². The molecule has 2 aromatic rings. The first kappa shape index (κ1) is 12.4. The van der Waals surface area contributed by atoms with Gasteiger partial charge >= 0.3 is 5.97 Å². The van der Waals surface area contributed by atoms with Gasteiger partial charge in [0.05, 0.1) is 5.69 Å². The Morgan fingerprint density at radius 1 is 1.28 bits per heavy atom. The number of aromatic nitrogens is 2. The smallest absolute Gasteiger partial charge is 0.352 e. The average Bonchev–Trinajstić information content (AvgIpc) is 2.31.